The summed E-state index contributed by atoms with van der Waals surface area (Å²) in [5, 5.41) is 11.0. The first-order valence-corrected chi connectivity index (χ1v) is 5.17. The molecule has 0 saturated carbocycles. The molecule has 0 radical (unpaired) electrons. The van der Waals surface area contributed by atoms with Gasteiger partial charge in [0.15, 0.2) is 11.6 Å². The van der Waals surface area contributed by atoms with Crippen molar-refractivity contribution >= 4 is 0 Å². The number of hydrogen-bond acceptors (Lipinski definition) is 5. The Morgan fingerprint density at radius 3 is 2.72 bits per heavy atom. The van der Waals surface area contributed by atoms with Gasteiger partial charge in [-0.3, -0.25) is 0 Å². The van der Waals surface area contributed by atoms with Gasteiger partial charge in [0.05, 0.1) is 6.04 Å². The van der Waals surface area contributed by atoms with Crippen LogP contribution < -0.4 is 10.5 Å². The Labute approximate surface area is 101 Å². The van der Waals surface area contributed by atoms with Crippen molar-refractivity contribution < 1.29 is 13.5 Å². The molecule has 1 unspecified atom stereocenters. The van der Waals surface area contributed by atoms with E-state index in [2.05, 4.69) is 20.3 Å². The van der Waals surface area contributed by atoms with Gasteiger partial charge < -0.3 is 10.5 Å². The van der Waals surface area contributed by atoms with E-state index in [4.69, 9.17) is 5.73 Å². The van der Waals surface area contributed by atoms with Crippen LogP contribution in [0.5, 0.6) is 5.75 Å². The first kappa shape index (κ1) is 12.4. The number of halogens is 2. The summed E-state index contributed by atoms with van der Waals surface area (Å²) in [6, 6.07) is 5.80. The van der Waals surface area contributed by atoms with E-state index in [1.54, 1.807) is 25.1 Å². The van der Waals surface area contributed by atoms with Crippen molar-refractivity contribution in [3.8, 4) is 11.4 Å². The van der Waals surface area contributed by atoms with Gasteiger partial charge in [-0.2, -0.15) is 13.5 Å². The molecule has 1 atom stereocenters. The van der Waals surface area contributed by atoms with Crippen LogP contribution in [-0.4, -0.2) is 26.8 Å². The molecule has 1 heterocycles. The number of benzene rings is 1. The molecule has 1 aromatic heterocycles. The van der Waals surface area contributed by atoms with Crippen molar-refractivity contribution in [2.75, 3.05) is 0 Å². The van der Waals surface area contributed by atoms with E-state index in [1.165, 1.54) is 10.7 Å². The lowest BCUT2D eigenvalue weighted by Crippen LogP contribution is -2.14. The third kappa shape index (κ3) is 2.43. The minimum Gasteiger partial charge on any atom is -0.433 e. The Morgan fingerprint density at radius 2 is 2.06 bits per heavy atom. The monoisotopic (exact) mass is 255 g/mol. The van der Waals surface area contributed by atoms with Crippen LogP contribution in [0.15, 0.2) is 24.3 Å². The zero-order valence-corrected chi connectivity index (χ0v) is 9.49. The Hall–Kier alpha value is -2.09. The van der Waals surface area contributed by atoms with Crippen molar-refractivity contribution in [2.24, 2.45) is 5.73 Å². The lowest BCUT2D eigenvalue weighted by atomic mass is 10.2. The predicted molar refractivity (Wildman–Crippen MR) is 58.4 cm³/mol. The molecule has 18 heavy (non-hydrogen) atoms. The number of nitrogens with zero attached hydrogens (tertiary/aromatic N) is 4. The van der Waals surface area contributed by atoms with E-state index in [1.807, 2.05) is 0 Å². The SMILES string of the molecule is CC(N)c1nnnn1-c1ccccc1OC(F)F. The molecular weight excluding hydrogens is 244 g/mol. The first-order chi connectivity index (χ1) is 8.59. The lowest BCUT2D eigenvalue weighted by molar-refractivity contribution is -0.0499. The molecule has 0 bridgehead atoms. The minimum absolute atomic E-state index is 0.0123. The third-order valence-electron chi connectivity index (χ3n) is 2.21. The molecule has 6 nitrogen and oxygen atoms in total. The van der Waals surface area contributed by atoms with E-state index < -0.39 is 12.7 Å². The van der Waals surface area contributed by atoms with Gasteiger partial charge in [-0.05, 0) is 29.5 Å². The van der Waals surface area contributed by atoms with Gasteiger partial charge in [0.2, 0.25) is 0 Å². The fourth-order valence-corrected chi connectivity index (χ4v) is 1.48. The van der Waals surface area contributed by atoms with Crippen LogP contribution in [0.2, 0.25) is 0 Å². The maximum absolute atomic E-state index is 12.3. The molecule has 8 heteroatoms. The molecule has 1 aromatic carbocycles. The summed E-state index contributed by atoms with van der Waals surface area (Å²) in [6.45, 7) is -1.22. The molecule has 2 aromatic rings. The highest BCUT2D eigenvalue weighted by Gasteiger charge is 2.17. The van der Waals surface area contributed by atoms with Gasteiger partial charge in [0, 0.05) is 0 Å². The Kier molecular flexibility index (Phi) is 3.47. The average Bonchev–Trinajstić information content (AvgIpc) is 2.77. The summed E-state index contributed by atoms with van der Waals surface area (Å²) in [6.07, 6.45) is 0. The van der Waals surface area contributed by atoms with E-state index in [9.17, 15) is 8.78 Å². The summed E-state index contributed by atoms with van der Waals surface area (Å²) in [4.78, 5) is 0. The number of tetrazole rings is 1. The second-order valence-corrected chi connectivity index (χ2v) is 3.58. The number of hydrogen-bond donors (Lipinski definition) is 1. The van der Waals surface area contributed by atoms with Crippen LogP contribution in [0.25, 0.3) is 5.69 Å². The second-order valence-electron chi connectivity index (χ2n) is 3.58. The highest BCUT2D eigenvalue weighted by Crippen LogP contribution is 2.25. The van der Waals surface area contributed by atoms with E-state index in [0.717, 1.165) is 0 Å². The molecule has 2 rings (SSSR count). The van der Waals surface area contributed by atoms with Crippen LogP contribution in [0.3, 0.4) is 0 Å². The fourth-order valence-electron chi connectivity index (χ4n) is 1.48. The van der Waals surface area contributed by atoms with Gasteiger partial charge in [-0.25, -0.2) is 0 Å². The number of ether oxygens (including phenoxy) is 1. The van der Waals surface area contributed by atoms with Gasteiger partial charge >= 0.3 is 6.61 Å². The van der Waals surface area contributed by atoms with Crippen LogP contribution in [0.1, 0.15) is 18.8 Å². The molecule has 0 amide bonds. The summed E-state index contributed by atoms with van der Waals surface area (Å²) in [5.41, 5.74) is 6.01. The van der Waals surface area contributed by atoms with Gasteiger partial charge in [-0.15, -0.1) is 5.10 Å². The third-order valence-corrected chi connectivity index (χ3v) is 2.21. The molecule has 0 fully saturated rings. The van der Waals surface area contributed by atoms with Crippen molar-refractivity contribution in [3.05, 3.63) is 30.1 Å². The minimum atomic E-state index is -2.92. The number of para-hydroxylation sites is 2. The first-order valence-electron chi connectivity index (χ1n) is 5.17. The molecule has 0 aliphatic carbocycles. The van der Waals surface area contributed by atoms with Crippen molar-refractivity contribution in [3.63, 3.8) is 0 Å². The molecule has 0 spiro atoms. The predicted octanol–water partition coefficient (Wildman–Crippen LogP) is 1.28. The summed E-state index contributed by atoms with van der Waals surface area (Å²) in [7, 11) is 0. The zero-order chi connectivity index (χ0) is 13.1. The van der Waals surface area contributed by atoms with Crippen molar-refractivity contribution in [1.29, 1.82) is 0 Å². The molecule has 2 N–H and O–H groups in total. The molecule has 0 saturated heterocycles. The van der Waals surface area contributed by atoms with Crippen LogP contribution in [0, 0.1) is 0 Å². The highest BCUT2D eigenvalue weighted by molar-refractivity contribution is 5.46. The maximum atomic E-state index is 12.3. The summed E-state index contributed by atoms with van der Waals surface area (Å²) >= 11 is 0. The molecule has 0 aliphatic heterocycles. The normalized spacial score (nSPS) is 12.7. The van der Waals surface area contributed by atoms with E-state index in [-0.39, 0.29) is 5.75 Å². The van der Waals surface area contributed by atoms with Crippen LogP contribution >= 0.6 is 0 Å². The van der Waals surface area contributed by atoms with Crippen molar-refractivity contribution in [1.82, 2.24) is 20.2 Å². The number of alkyl halides is 2. The topological polar surface area (TPSA) is 78.9 Å². The van der Waals surface area contributed by atoms with E-state index in [0.29, 0.717) is 11.5 Å². The van der Waals surface area contributed by atoms with Gasteiger partial charge in [-0.1, -0.05) is 12.1 Å². The van der Waals surface area contributed by atoms with Crippen molar-refractivity contribution in [2.45, 2.75) is 19.6 Å². The quantitative estimate of drug-likeness (QED) is 0.890. The van der Waals surface area contributed by atoms with Gasteiger partial charge in [0.1, 0.15) is 5.69 Å². The number of nitrogens with two attached hydrogens (primary N) is 1. The Bertz CT molecular complexity index is 528. The molecular formula is C10H11F2N5O. The Morgan fingerprint density at radius 1 is 1.33 bits per heavy atom. The lowest BCUT2D eigenvalue weighted by Gasteiger charge is -2.12. The number of aromatic nitrogens is 4. The van der Waals surface area contributed by atoms with Crippen LogP contribution in [0.4, 0.5) is 8.78 Å². The second kappa shape index (κ2) is 5.05. The van der Waals surface area contributed by atoms with Gasteiger partial charge in [0.25, 0.3) is 0 Å². The largest absolute Gasteiger partial charge is 0.433 e. The maximum Gasteiger partial charge on any atom is 0.387 e. The number of rotatable bonds is 4. The Balaban J connectivity index is 2.46. The smallest absolute Gasteiger partial charge is 0.387 e. The summed E-state index contributed by atoms with van der Waals surface area (Å²) < 4.78 is 30.3. The standard InChI is InChI=1S/C10H11F2N5O/c1-6(13)9-14-15-16-17(9)7-4-2-3-5-8(7)18-10(11)12/h2-6,10H,13H2,1H3. The highest BCUT2D eigenvalue weighted by atomic mass is 19.3. The van der Waals surface area contributed by atoms with E-state index >= 15 is 0 Å². The zero-order valence-electron chi connectivity index (χ0n) is 9.49. The van der Waals surface area contributed by atoms with Crippen LogP contribution in [-0.2, 0) is 0 Å². The fraction of sp³-hybridized carbons (Fsp3) is 0.300. The molecule has 0 aliphatic rings. The molecule has 96 valence electrons. The average molecular weight is 255 g/mol. The summed E-state index contributed by atoms with van der Waals surface area (Å²) in [5.74, 6) is 0.349.